The van der Waals surface area contributed by atoms with Gasteiger partial charge in [0.05, 0.1) is 23.1 Å². The Labute approximate surface area is 106 Å². The summed E-state index contributed by atoms with van der Waals surface area (Å²) in [6, 6.07) is 5.75. The Hall–Kier alpha value is -1.61. The van der Waals surface area contributed by atoms with Crippen molar-refractivity contribution in [3.05, 3.63) is 29.6 Å². The standard InChI is InChI=1S/C12H13FN2O2S/c1-9-8-18(16,17)3-2-15(9)12-5-10(7-14)4-11(13)6-12/h4-6,9H,2-3,8H2,1H3. The van der Waals surface area contributed by atoms with Crippen LogP contribution in [0.5, 0.6) is 0 Å². The number of nitrogens with zero attached hydrogens (tertiary/aromatic N) is 2. The summed E-state index contributed by atoms with van der Waals surface area (Å²) in [6.45, 7) is 2.12. The second kappa shape index (κ2) is 4.58. The van der Waals surface area contributed by atoms with Crippen LogP contribution >= 0.6 is 0 Å². The van der Waals surface area contributed by atoms with Gasteiger partial charge in [0.25, 0.3) is 0 Å². The first kappa shape index (κ1) is 12.8. The quantitative estimate of drug-likeness (QED) is 0.770. The van der Waals surface area contributed by atoms with Gasteiger partial charge in [-0.25, -0.2) is 12.8 Å². The Kier molecular flexibility index (Phi) is 3.26. The molecule has 1 aliphatic heterocycles. The predicted octanol–water partition coefficient (Wildman–Crippen LogP) is 1.32. The van der Waals surface area contributed by atoms with E-state index in [0.29, 0.717) is 12.2 Å². The summed E-state index contributed by atoms with van der Waals surface area (Å²) in [6.07, 6.45) is 0. The van der Waals surface area contributed by atoms with Crippen molar-refractivity contribution < 1.29 is 12.8 Å². The lowest BCUT2D eigenvalue weighted by molar-refractivity contribution is 0.567. The van der Waals surface area contributed by atoms with Gasteiger partial charge in [0.15, 0.2) is 9.84 Å². The van der Waals surface area contributed by atoms with E-state index in [4.69, 9.17) is 5.26 Å². The van der Waals surface area contributed by atoms with Gasteiger partial charge >= 0.3 is 0 Å². The van der Waals surface area contributed by atoms with Crippen LogP contribution in [-0.4, -0.2) is 32.5 Å². The summed E-state index contributed by atoms with van der Waals surface area (Å²) in [7, 11) is -3.00. The Morgan fingerprint density at radius 1 is 1.44 bits per heavy atom. The molecule has 2 rings (SSSR count). The van der Waals surface area contributed by atoms with Crippen molar-refractivity contribution in [2.75, 3.05) is 23.0 Å². The van der Waals surface area contributed by atoms with Gasteiger partial charge in [-0.2, -0.15) is 5.26 Å². The Morgan fingerprint density at radius 3 is 2.78 bits per heavy atom. The minimum atomic E-state index is -3.00. The monoisotopic (exact) mass is 268 g/mol. The van der Waals surface area contributed by atoms with E-state index in [0.717, 1.165) is 6.07 Å². The molecule has 1 unspecified atom stereocenters. The molecule has 0 aliphatic carbocycles. The van der Waals surface area contributed by atoms with Crippen molar-refractivity contribution in [3.63, 3.8) is 0 Å². The normalized spacial score (nSPS) is 22.5. The topological polar surface area (TPSA) is 61.2 Å². The summed E-state index contributed by atoms with van der Waals surface area (Å²) in [5, 5.41) is 8.80. The average molecular weight is 268 g/mol. The Balaban J connectivity index is 2.33. The highest BCUT2D eigenvalue weighted by Crippen LogP contribution is 2.23. The fourth-order valence-corrected chi connectivity index (χ4v) is 3.74. The molecule has 18 heavy (non-hydrogen) atoms. The summed E-state index contributed by atoms with van der Waals surface area (Å²) in [4.78, 5) is 1.82. The van der Waals surface area contributed by atoms with Crippen molar-refractivity contribution in [2.45, 2.75) is 13.0 Å². The zero-order chi connectivity index (χ0) is 13.3. The first-order valence-electron chi connectivity index (χ1n) is 5.59. The van der Waals surface area contributed by atoms with E-state index in [1.807, 2.05) is 11.0 Å². The highest BCUT2D eigenvalue weighted by molar-refractivity contribution is 7.91. The van der Waals surface area contributed by atoms with E-state index >= 15 is 0 Å². The first-order chi connectivity index (χ1) is 8.41. The molecule has 1 heterocycles. The smallest absolute Gasteiger partial charge is 0.154 e. The van der Waals surface area contributed by atoms with E-state index < -0.39 is 15.7 Å². The summed E-state index contributed by atoms with van der Waals surface area (Å²) in [5.41, 5.74) is 0.805. The fraction of sp³-hybridized carbons (Fsp3) is 0.417. The molecule has 0 bridgehead atoms. The van der Waals surface area contributed by atoms with Gasteiger partial charge in [0, 0.05) is 18.3 Å². The number of nitriles is 1. The molecule has 0 amide bonds. The van der Waals surface area contributed by atoms with E-state index in [2.05, 4.69) is 0 Å². The maximum Gasteiger partial charge on any atom is 0.154 e. The summed E-state index contributed by atoms with van der Waals surface area (Å²) >= 11 is 0. The largest absolute Gasteiger partial charge is 0.367 e. The third-order valence-corrected chi connectivity index (χ3v) is 4.81. The van der Waals surface area contributed by atoms with Crippen molar-refractivity contribution in [1.82, 2.24) is 0 Å². The molecule has 1 atom stereocenters. The van der Waals surface area contributed by atoms with E-state index in [1.165, 1.54) is 6.07 Å². The van der Waals surface area contributed by atoms with Crippen LogP contribution in [0.2, 0.25) is 0 Å². The number of rotatable bonds is 1. The highest BCUT2D eigenvalue weighted by Gasteiger charge is 2.28. The Bertz CT molecular complexity index is 607. The molecule has 0 saturated carbocycles. The van der Waals surface area contributed by atoms with E-state index in [-0.39, 0.29) is 23.1 Å². The fourth-order valence-electron chi connectivity index (χ4n) is 2.19. The summed E-state index contributed by atoms with van der Waals surface area (Å²) < 4.78 is 36.3. The first-order valence-corrected chi connectivity index (χ1v) is 7.41. The number of anilines is 1. The molecule has 1 aromatic rings. The van der Waals surface area contributed by atoms with Gasteiger partial charge in [-0.15, -0.1) is 0 Å². The molecule has 1 fully saturated rings. The molecule has 0 radical (unpaired) electrons. The third kappa shape index (κ3) is 2.62. The second-order valence-corrected chi connectivity index (χ2v) is 6.70. The molecular formula is C12H13FN2O2S. The zero-order valence-electron chi connectivity index (χ0n) is 9.93. The molecule has 1 aliphatic rings. The molecule has 0 aromatic heterocycles. The molecule has 4 nitrogen and oxygen atoms in total. The average Bonchev–Trinajstić information content (AvgIpc) is 2.26. The molecule has 0 N–H and O–H groups in total. The van der Waals surface area contributed by atoms with Gasteiger partial charge < -0.3 is 4.90 Å². The van der Waals surface area contributed by atoms with Crippen LogP contribution in [-0.2, 0) is 9.84 Å². The van der Waals surface area contributed by atoms with Crippen LogP contribution in [0.3, 0.4) is 0 Å². The lowest BCUT2D eigenvalue weighted by Crippen LogP contribution is -2.47. The van der Waals surface area contributed by atoms with Crippen LogP contribution in [0.1, 0.15) is 12.5 Å². The van der Waals surface area contributed by atoms with Gasteiger partial charge in [-0.3, -0.25) is 0 Å². The predicted molar refractivity (Wildman–Crippen MR) is 66.6 cm³/mol. The molecule has 1 aromatic carbocycles. The zero-order valence-corrected chi connectivity index (χ0v) is 10.7. The van der Waals surface area contributed by atoms with Crippen molar-refractivity contribution >= 4 is 15.5 Å². The highest BCUT2D eigenvalue weighted by atomic mass is 32.2. The molecule has 96 valence electrons. The van der Waals surface area contributed by atoms with Crippen LogP contribution in [0.15, 0.2) is 18.2 Å². The number of sulfone groups is 1. The molecule has 1 saturated heterocycles. The number of hydrogen-bond acceptors (Lipinski definition) is 4. The molecule has 0 spiro atoms. The number of hydrogen-bond donors (Lipinski definition) is 0. The van der Waals surface area contributed by atoms with Crippen LogP contribution in [0.25, 0.3) is 0 Å². The van der Waals surface area contributed by atoms with Crippen molar-refractivity contribution in [1.29, 1.82) is 5.26 Å². The Morgan fingerprint density at radius 2 is 2.17 bits per heavy atom. The van der Waals surface area contributed by atoms with E-state index in [9.17, 15) is 12.8 Å². The summed E-state index contributed by atoms with van der Waals surface area (Å²) in [5.74, 6) is -0.356. The third-order valence-electron chi connectivity index (χ3n) is 3.01. The van der Waals surface area contributed by atoms with Gasteiger partial charge in [0.2, 0.25) is 0 Å². The van der Waals surface area contributed by atoms with Gasteiger partial charge in [-0.1, -0.05) is 0 Å². The number of halogens is 1. The van der Waals surface area contributed by atoms with Crippen LogP contribution in [0.4, 0.5) is 10.1 Å². The minimum Gasteiger partial charge on any atom is -0.367 e. The maximum absolute atomic E-state index is 13.4. The lowest BCUT2D eigenvalue weighted by atomic mass is 10.1. The lowest BCUT2D eigenvalue weighted by Gasteiger charge is -2.35. The number of benzene rings is 1. The maximum atomic E-state index is 13.4. The molecular weight excluding hydrogens is 255 g/mol. The van der Waals surface area contributed by atoms with Crippen LogP contribution < -0.4 is 4.90 Å². The second-order valence-electron chi connectivity index (χ2n) is 4.47. The SMILES string of the molecule is CC1CS(=O)(=O)CCN1c1cc(F)cc(C#N)c1. The van der Waals surface area contributed by atoms with Gasteiger partial charge in [0.1, 0.15) is 5.82 Å². The van der Waals surface area contributed by atoms with Gasteiger partial charge in [-0.05, 0) is 25.1 Å². The van der Waals surface area contributed by atoms with Crippen LogP contribution in [0, 0.1) is 17.1 Å². The van der Waals surface area contributed by atoms with Crippen molar-refractivity contribution in [2.24, 2.45) is 0 Å². The minimum absolute atomic E-state index is 0.0609. The van der Waals surface area contributed by atoms with Crippen molar-refractivity contribution in [3.8, 4) is 6.07 Å². The van der Waals surface area contributed by atoms with E-state index in [1.54, 1.807) is 13.0 Å². The molecule has 6 heteroatoms.